The molecule has 2 aromatic carbocycles. The van der Waals surface area contributed by atoms with Crippen molar-refractivity contribution >= 4 is 34.5 Å². The minimum Gasteiger partial charge on any atom is -0.497 e. The Morgan fingerprint density at radius 1 is 0.970 bits per heavy atom. The van der Waals surface area contributed by atoms with Crippen molar-refractivity contribution in [2.75, 3.05) is 37.4 Å². The van der Waals surface area contributed by atoms with Crippen molar-refractivity contribution in [3.63, 3.8) is 0 Å². The normalized spacial score (nSPS) is 14.6. The Labute approximate surface area is 198 Å². The molecule has 2 heterocycles. The van der Waals surface area contributed by atoms with Crippen molar-refractivity contribution in [1.82, 2.24) is 4.90 Å². The second kappa shape index (κ2) is 11.1. The van der Waals surface area contributed by atoms with E-state index >= 15 is 0 Å². The number of thiophene rings is 1. The first-order chi connectivity index (χ1) is 16.1. The van der Waals surface area contributed by atoms with E-state index in [4.69, 9.17) is 4.74 Å². The first kappa shape index (κ1) is 23.0. The lowest BCUT2D eigenvalue weighted by Gasteiger charge is -2.31. The maximum atomic E-state index is 12.5. The number of hydrogen-bond donors (Lipinski definition) is 2. The molecule has 0 aliphatic carbocycles. The van der Waals surface area contributed by atoms with Gasteiger partial charge in [-0.05, 0) is 91.7 Å². The number of piperidine rings is 1. The van der Waals surface area contributed by atoms with Crippen LogP contribution in [0, 0.1) is 5.92 Å². The van der Waals surface area contributed by atoms with E-state index in [1.807, 2.05) is 35.7 Å². The molecule has 1 aliphatic rings. The predicted octanol–water partition coefficient (Wildman–Crippen LogP) is 4.90. The van der Waals surface area contributed by atoms with E-state index in [1.165, 1.54) is 16.9 Å². The summed E-state index contributed by atoms with van der Waals surface area (Å²) >= 11 is 1.40. The van der Waals surface area contributed by atoms with Crippen LogP contribution in [0.1, 0.15) is 28.1 Å². The highest BCUT2D eigenvalue weighted by atomic mass is 32.1. The van der Waals surface area contributed by atoms with E-state index in [9.17, 15) is 9.59 Å². The van der Waals surface area contributed by atoms with Gasteiger partial charge in [-0.3, -0.25) is 14.5 Å². The van der Waals surface area contributed by atoms with E-state index < -0.39 is 0 Å². The molecule has 2 N–H and O–H groups in total. The molecule has 7 heteroatoms. The van der Waals surface area contributed by atoms with Crippen molar-refractivity contribution in [2.24, 2.45) is 5.92 Å². The summed E-state index contributed by atoms with van der Waals surface area (Å²) < 4.78 is 5.23. The third kappa shape index (κ3) is 6.66. The number of carbonyl (C=O) groups excluding carboxylic acids is 2. The van der Waals surface area contributed by atoms with Crippen LogP contribution in [0.2, 0.25) is 0 Å². The highest BCUT2D eigenvalue weighted by molar-refractivity contribution is 7.12. The van der Waals surface area contributed by atoms with Crippen LogP contribution in [0.5, 0.6) is 5.75 Å². The maximum absolute atomic E-state index is 12.5. The summed E-state index contributed by atoms with van der Waals surface area (Å²) in [6.07, 6.45) is 3.26. The molecule has 0 unspecified atom stereocenters. The number of carbonyl (C=O) groups is 2. The number of rotatable bonds is 8. The number of likely N-dealkylation sites (tertiary alicyclic amines) is 1. The van der Waals surface area contributed by atoms with Crippen molar-refractivity contribution in [3.8, 4) is 5.75 Å². The van der Waals surface area contributed by atoms with Gasteiger partial charge in [0.15, 0.2) is 0 Å². The fraction of sp³-hybridized carbons (Fsp3) is 0.308. The Bertz CT molecular complexity index is 1040. The van der Waals surface area contributed by atoms with Gasteiger partial charge in [0, 0.05) is 11.4 Å². The number of benzene rings is 2. The Hall–Kier alpha value is -3.16. The number of methoxy groups -OCH3 is 1. The second-order valence-corrected chi connectivity index (χ2v) is 9.28. The van der Waals surface area contributed by atoms with Gasteiger partial charge in [0.05, 0.1) is 18.5 Å². The highest BCUT2D eigenvalue weighted by Crippen LogP contribution is 2.23. The van der Waals surface area contributed by atoms with E-state index in [1.54, 1.807) is 25.3 Å². The van der Waals surface area contributed by atoms with Crippen molar-refractivity contribution in [1.29, 1.82) is 0 Å². The number of ether oxygens (including phenoxy) is 1. The van der Waals surface area contributed by atoms with Crippen LogP contribution in [-0.2, 0) is 11.2 Å². The molecule has 3 aromatic rings. The summed E-state index contributed by atoms with van der Waals surface area (Å²) in [7, 11) is 1.68. The maximum Gasteiger partial charge on any atom is 0.265 e. The summed E-state index contributed by atoms with van der Waals surface area (Å²) in [4.78, 5) is 27.5. The summed E-state index contributed by atoms with van der Waals surface area (Å²) in [5.74, 6) is 1.39. The van der Waals surface area contributed by atoms with Gasteiger partial charge in [-0.1, -0.05) is 18.2 Å². The third-order valence-corrected chi connectivity index (χ3v) is 6.80. The molecule has 1 fully saturated rings. The Morgan fingerprint density at radius 3 is 2.24 bits per heavy atom. The number of nitrogens with zero attached hydrogens (tertiary/aromatic N) is 1. The molecule has 4 rings (SSSR count). The highest BCUT2D eigenvalue weighted by Gasteiger charge is 2.21. The van der Waals surface area contributed by atoms with Gasteiger partial charge >= 0.3 is 0 Å². The zero-order valence-corrected chi connectivity index (χ0v) is 19.6. The molecule has 6 nitrogen and oxygen atoms in total. The molecular formula is C26H29N3O3S. The third-order valence-electron chi connectivity index (χ3n) is 5.93. The van der Waals surface area contributed by atoms with Gasteiger partial charge in [-0.2, -0.15) is 0 Å². The average Bonchev–Trinajstić information content (AvgIpc) is 3.37. The molecule has 0 atom stereocenters. The van der Waals surface area contributed by atoms with Crippen molar-refractivity contribution in [3.05, 3.63) is 76.5 Å². The van der Waals surface area contributed by atoms with Gasteiger partial charge in [0.25, 0.3) is 5.91 Å². The first-order valence-electron chi connectivity index (χ1n) is 11.2. The van der Waals surface area contributed by atoms with Gasteiger partial charge in [0.2, 0.25) is 5.91 Å². The van der Waals surface area contributed by atoms with E-state index in [2.05, 4.69) is 27.7 Å². The lowest BCUT2D eigenvalue weighted by molar-refractivity contribution is -0.117. The molecule has 0 radical (unpaired) electrons. The Balaban J connectivity index is 1.19. The summed E-state index contributed by atoms with van der Waals surface area (Å²) in [6, 6.07) is 19.1. The number of anilines is 2. The lowest BCUT2D eigenvalue weighted by atomic mass is 9.90. The van der Waals surface area contributed by atoms with Crippen LogP contribution in [0.3, 0.4) is 0 Å². The van der Waals surface area contributed by atoms with Gasteiger partial charge in [-0.25, -0.2) is 0 Å². The minimum atomic E-state index is -0.128. The quantitative estimate of drug-likeness (QED) is 0.498. The molecule has 0 bridgehead atoms. The second-order valence-electron chi connectivity index (χ2n) is 8.33. The molecular weight excluding hydrogens is 434 g/mol. The summed E-state index contributed by atoms with van der Waals surface area (Å²) in [6.45, 7) is 2.26. The lowest BCUT2D eigenvalue weighted by Crippen LogP contribution is -2.39. The van der Waals surface area contributed by atoms with Crippen LogP contribution in [0.4, 0.5) is 11.4 Å². The molecule has 2 amide bonds. The predicted molar refractivity (Wildman–Crippen MR) is 133 cm³/mol. The summed E-state index contributed by atoms with van der Waals surface area (Å²) in [5.41, 5.74) is 2.76. The van der Waals surface area contributed by atoms with Crippen LogP contribution in [0.25, 0.3) is 0 Å². The van der Waals surface area contributed by atoms with Gasteiger partial charge in [-0.15, -0.1) is 11.3 Å². The van der Waals surface area contributed by atoms with Gasteiger partial charge in [0.1, 0.15) is 5.75 Å². The molecule has 33 heavy (non-hydrogen) atoms. The van der Waals surface area contributed by atoms with Crippen LogP contribution < -0.4 is 15.4 Å². The fourth-order valence-electron chi connectivity index (χ4n) is 4.08. The SMILES string of the molecule is COc1ccc(CC2CCN(CC(=O)Nc3ccc(NC(=O)c4cccs4)cc3)CC2)cc1. The molecule has 1 saturated heterocycles. The molecule has 1 aromatic heterocycles. The van der Waals surface area contributed by atoms with E-state index in [0.29, 0.717) is 23.0 Å². The van der Waals surface area contributed by atoms with E-state index in [0.717, 1.165) is 43.8 Å². The van der Waals surface area contributed by atoms with Gasteiger partial charge < -0.3 is 15.4 Å². The van der Waals surface area contributed by atoms with E-state index in [-0.39, 0.29) is 11.8 Å². The smallest absolute Gasteiger partial charge is 0.265 e. The number of amides is 2. The first-order valence-corrected chi connectivity index (χ1v) is 12.1. The largest absolute Gasteiger partial charge is 0.497 e. The van der Waals surface area contributed by atoms with Crippen molar-refractivity contribution in [2.45, 2.75) is 19.3 Å². The average molecular weight is 464 g/mol. The van der Waals surface area contributed by atoms with Crippen LogP contribution >= 0.6 is 11.3 Å². The van der Waals surface area contributed by atoms with Crippen LogP contribution in [0.15, 0.2) is 66.0 Å². The number of hydrogen-bond acceptors (Lipinski definition) is 5. The zero-order valence-electron chi connectivity index (χ0n) is 18.8. The standard InChI is InChI=1S/C26H29N3O3S/c1-32-23-10-4-19(5-11-23)17-20-12-14-29(15-13-20)18-25(30)27-21-6-8-22(9-7-21)28-26(31)24-3-2-16-33-24/h2-11,16,20H,12-15,17-18H2,1H3,(H,27,30)(H,28,31). The number of nitrogens with one attached hydrogen (secondary N) is 2. The minimum absolute atomic E-state index is 0.0148. The molecule has 1 aliphatic heterocycles. The van der Waals surface area contributed by atoms with Crippen LogP contribution in [-0.4, -0.2) is 43.5 Å². The topological polar surface area (TPSA) is 70.7 Å². The van der Waals surface area contributed by atoms with Crippen molar-refractivity contribution < 1.29 is 14.3 Å². The Morgan fingerprint density at radius 2 is 1.64 bits per heavy atom. The Kier molecular flexibility index (Phi) is 7.75. The summed E-state index contributed by atoms with van der Waals surface area (Å²) in [5, 5.41) is 7.69. The molecule has 0 spiro atoms. The fourth-order valence-corrected chi connectivity index (χ4v) is 4.70. The molecule has 0 saturated carbocycles. The zero-order chi connectivity index (χ0) is 23.0. The molecule has 172 valence electrons. The monoisotopic (exact) mass is 463 g/mol.